The van der Waals surface area contributed by atoms with Gasteiger partial charge in [0, 0.05) is 65.8 Å². The van der Waals surface area contributed by atoms with Crippen molar-refractivity contribution < 1.29 is 0 Å². The number of nitrogens with zero attached hydrogens (tertiary/aromatic N) is 4. The van der Waals surface area contributed by atoms with Gasteiger partial charge in [0.05, 0.1) is 44.1 Å². The van der Waals surface area contributed by atoms with Crippen LogP contribution in [0.3, 0.4) is 0 Å². The van der Waals surface area contributed by atoms with Crippen LogP contribution in [0.2, 0.25) is 0 Å². The molecule has 122 heavy (non-hydrogen) atoms. The highest BCUT2D eigenvalue weighted by molar-refractivity contribution is 6.15. The summed E-state index contributed by atoms with van der Waals surface area (Å²) < 4.78 is 9.94. The van der Waals surface area contributed by atoms with Gasteiger partial charge in [-0.15, -0.1) is 0 Å². The molecule has 0 saturated carbocycles. The zero-order valence-electron chi connectivity index (χ0n) is 69.3. The Morgan fingerprint density at radius 3 is 0.795 bits per heavy atom. The topological polar surface area (TPSA) is 19.7 Å². The van der Waals surface area contributed by atoms with E-state index in [0.717, 1.165) is 79.1 Å². The Balaban J connectivity index is 0.678. The van der Waals surface area contributed by atoms with Gasteiger partial charge < -0.3 is 18.3 Å². The summed E-state index contributed by atoms with van der Waals surface area (Å²) in [6, 6.07) is 151. The lowest BCUT2D eigenvalue weighted by Crippen LogP contribution is -2.15. The molecule has 0 radical (unpaired) electrons. The van der Waals surface area contributed by atoms with Crippen LogP contribution in [0.1, 0.15) is 63.8 Å². The Bertz CT molecular complexity index is 8000. The third kappa shape index (κ3) is 12.1. The molecule has 4 heteroatoms. The molecule has 22 aromatic rings. The summed E-state index contributed by atoms with van der Waals surface area (Å²) >= 11 is 0. The first-order chi connectivity index (χ1) is 59.7. The third-order valence-electron chi connectivity index (χ3n) is 26.0. The molecule has 0 fully saturated rings. The monoisotopic (exact) mass is 1560 g/mol. The summed E-state index contributed by atoms with van der Waals surface area (Å²) in [4.78, 5) is 0. The largest absolute Gasteiger partial charge is 0.309 e. The number of hydrogen-bond donors (Lipinski definition) is 0. The molecule has 4 heterocycles. The van der Waals surface area contributed by atoms with E-state index in [4.69, 9.17) is 0 Å². The maximum atomic E-state index is 2.54. The number of hydrogen-bond acceptors (Lipinski definition) is 0. The number of aryl methyl sites for hydroxylation is 2. The lowest BCUT2D eigenvalue weighted by Gasteiger charge is -2.29. The molecule has 580 valence electrons. The van der Waals surface area contributed by atoms with Crippen molar-refractivity contribution in [3.63, 3.8) is 0 Å². The fraction of sp³-hybridized carbons (Fsp3) is 0.0847. The predicted octanol–water partition coefficient (Wildman–Crippen LogP) is 31.8. The molecule has 0 amide bonds. The van der Waals surface area contributed by atoms with Gasteiger partial charge in [0.15, 0.2) is 0 Å². The van der Waals surface area contributed by atoms with Gasteiger partial charge in [0.2, 0.25) is 0 Å². The standard InChI is InChI=1S/C118H88N4/c1-117(2,3)115-95(78-32-14-9-15-33-78)42-26-43-97(115)89-64-90(70-94(69-89)122-110-49-23-19-41-102(110)106-74-86(57-61-114(106)122)84-55-59-112-104(72-84)100-39-17-21-47-108(100)120(112)92-37-25-35-80(66-92)82-53-51-77-50-52-81(77)62-82)98-45-27-44-96(116(98)118(4,5)6)88-63-87(76-30-12-8-13-31-76)67-93(68-88)121-109-48-22-18-40-101(109)105-73-85(56-60-113(105)121)83-54-58-111-103(71-83)99-38-16-20-46-107(99)119(111)91-36-24-34-79(65-91)75-28-10-7-11-29-75/h7-49,51,53-74H,50,52H2,1-6H3. The molecule has 0 unspecified atom stereocenters. The van der Waals surface area contributed by atoms with Gasteiger partial charge in [-0.1, -0.05) is 308 Å². The first-order valence-corrected chi connectivity index (χ1v) is 43.0. The maximum Gasteiger partial charge on any atom is 0.0541 e. The van der Waals surface area contributed by atoms with E-state index < -0.39 is 0 Å². The van der Waals surface area contributed by atoms with Crippen molar-refractivity contribution in [1.82, 2.24) is 18.3 Å². The van der Waals surface area contributed by atoms with E-state index in [1.165, 1.54) is 166 Å². The van der Waals surface area contributed by atoms with Gasteiger partial charge in [-0.05, 0) is 280 Å². The van der Waals surface area contributed by atoms with Crippen LogP contribution in [0.25, 0.3) is 210 Å². The Labute approximate surface area is 711 Å². The van der Waals surface area contributed by atoms with Crippen molar-refractivity contribution in [3.8, 4) is 123 Å². The highest BCUT2D eigenvalue weighted by Gasteiger charge is 2.30. The molecule has 4 aromatic heterocycles. The number of para-hydroxylation sites is 4. The average Bonchev–Trinajstić information content (AvgIpc) is 1.55. The summed E-state index contributed by atoms with van der Waals surface area (Å²) in [5.41, 5.74) is 40.3. The number of fused-ring (bicyclic) bond motifs is 13. The molecule has 1 aliphatic carbocycles. The highest BCUT2D eigenvalue weighted by Crippen LogP contribution is 2.50. The Morgan fingerprint density at radius 1 is 0.164 bits per heavy atom. The fourth-order valence-electron chi connectivity index (χ4n) is 20.4. The molecule has 0 atom stereocenters. The minimum atomic E-state index is -0.349. The molecule has 18 aromatic carbocycles. The Morgan fingerprint density at radius 2 is 0.426 bits per heavy atom. The van der Waals surface area contributed by atoms with Crippen molar-refractivity contribution in [2.45, 2.75) is 65.2 Å². The second kappa shape index (κ2) is 28.4. The summed E-state index contributed by atoms with van der Waals surface area (Å²) in [5.74, 6) is 0. The SMILES string of the molecule is CC(C)(C)c1c(-c2ccccc2)cccc1-c1cc(-c2cccc(-c3cc(-c4ccccc4)cc(-n4c5ccccc5c5cc(-c6ccc7c(c6)c6ccccc6n7-c6cccc(-c7ccccc7)c6)ccc54)c3)c2C(C)(C)C)cc(-n2c3ccccc3c3cc(-c4ccc5c(c4)c4ccccc4n5-c4cccc(-c5ccc6c(c5)CC6)c4)ccc32)c1. The average molecular weight is 1560 g/mol. The number of benzene rings is 18. The molecular weight excluding hydrogens is 1470 g/mol. The first kappa shape index (κ1) is 72.4. The van der Waals surface area contributed by atoms with Gasteiger partial charge in [0.25, 0.3) is 0 Å². The summed E-state index contributed by atoms with van der Waals surface area (Å²) in [5, 5.41) is 9.75. The third-order valence-corrected chi connectivity index (χ3v) is 26.0. The number of aromatic nitrogens is 4. The van der Waals surface area contributed by atoms with E-state index in [0.29, 0.717) is 0 Å². The molecule has 0 bridgehead atoms. The molecule has 0 saturated heterocycles. The first-order valence-electron chi connectivity index (χ1n) is 43.0. The van der Waals surface area contributed by atoms with Crippen molar-refractivity contribution in [2.75, 3.05) is 0 Å². The zero-order valence-corrected chi connectivity index (χ0v) is 69.3. The Kier molecular flexibility index (Phi) is 16.9. The van der Waals surface area contributed by atoms with E-state index >= 15 is 0 Å². The van der Waals surface area contributed by atoms with Crippen LogP contribution in [0.15, 0.2) is 400 Å². The molecule has 0 spiro atoms. The van der Waals surface area contributed by atoms with Crippen LogP contribution in [-0.2, 0) is 23.7 Å². The normalized spacial score (nSPS) is 12.4. The van der Waals surface area contributed by atoms with Crippen LogP contribution in [0.4, 0.5) is 0 Å². The Hall–Kier alpha value is -14.8. The van der Waals surface area contributed by atoms with Crippen molar-refractivity contribution >= 4 is 87.2 Å². The molecule has 1 aliphatic rings. The van der Waals surface area contributed by atoms with Gasteiger partial charge in [-0.25, -0.2) is 0 Å². The van der Waals surface area contributed by atoms with Crippen molar-refractivity contribution in [2.24, 2.45) is 0 Å². The van der Waals surface area contributed by atoms with Gasteiger partial charge >= 0.3 is 0 Å². The fourth-order valence-corrected chi connectivity index (χ4v) is 20.4. The van der Waals surface area contributed by atoms with Crippen molar-refractivity contribution in [3.05, 3.63) is 423 Å². The van der Waals surface area contributed by atoms with Gasteiger partial charge in [0.1, 0.15) is 0 Å². The molecular formula is C118H88N4. The number of rotatable bonds is 13. The van der Waals surface area contributed by atoms with E-state index in [1.807, 2.05) is 0 Å². The zero-order chi connectivity index (χ0) is 81.6. The molecule has 0 N–H and O–H groups in total. The molecule has 23 rings (SSSR count). The van der Waals surface area contributed by atoms with Crippen LogP contribution >= 0.6 is 0 Å². The lowest BCUT2D eigenvalue weighted by molar-refractivity contribution is 0.593. The minimum Gasteiger partial charge on any atom is -0.309 e. The maximum absolute atomic E-state index is 2.54. The minimum absolute atomic E-state index is 0.236. The van der Waals surface area contributed by atoms with Crippen LogP contribution in [0, 0.1) is 0 Å². The quantitative estimate of drug-likeness (QED) is 0.110. The van der Waals surface area contributed by atoms with Crippen LogP contribution in [-0.4, -0.2) is 18.3 Å². The smallest absolute Gasteiger partial charge is 0.0541 e. The lowest BCUT2D eigenvalue weighted by atomic mass is 9.75. The second-order valence-corrected chi connectivity index (χ2v) is 35.5. The predicted molar refractivity (Wildman–Crippen MR) is 518 cm³/mol. The van der Waals surface area contributed by atoms with E-state index in [2.05, 4.69) is 460 Å². The molecule has 4 nitrogen and oxygen atoms in total. The second-order valence-electron chi connectivity index (χ2n) is 35.5. The van der Waals surface area contributed by atoms with E-state index in [-0.39, 0.29) is 10.8 Å². The van der Waals surface area contributed by atoms with Crippen molar-refractivity contribution in [1.29, 1.82) is 0 Å². The van der Waals surface area contributed by atoms with Gasteiger partial charge in [-0.3, -0.25) is 0 Å². The summed E-state index contributed by atoms with van der Waals surface area (Å²) in [6.07, 6.45) is 2.34. The van der Waals surface area contributed by atoms with E-state index in [9.17, 15) is 0 Å². The highest BCUT2D eigenvalue weighted by atomic mass is 15.0. The summed E-state index contributed by atoms with van der Waals surface area (Å²) in [6.45, 7) is 14.3. The van der Waals surface area contributed by atoms with Crippen LogP contribution < -0.4 is 0 Å². The summed E-state index contributed by atoms with van der Waals surface area (Å²) in [7, 11) is 0. The van der Waals surface area contributed by atoms with Crippen LogP contribution in [0.5, 0.6) is 0 Å². The van der Waals surface area contributed by atoms with Gasteiger partial charge in [-0.2, -0.15) is 0 Å². The molecule has 0 aliphatic heterocycles. The van der Waals surface area contributed by atoms with E-state index in [1.54, 1.807) is 0 Å².